The van der Waals surface area contributed by atoms with E-state index in [0.717, 1.165) is 19.6 Å². The van der Waals surface area contributed by atoms with Crippen molar-refractivity contribution in [2.45, 2.75) is 77.1 Å². The van der Waals surface area contributed by atoms with Gasteiger partial charge in [-0.1, -0.05) is 19.3 Å². The molecule has 0 amide bonds. The van der Waals surface area contributed by atoms with Gasteiger partial charge in [0.05, 0.1) is 12.6 Å². The van der Waals surface area contributed by atoms with Gasteiger partial charge in [0.1, 0.15) is 12.7 Å². The van der Waals surface area contributed by atoms with E-state index in [9.17, 15) is 0 Å². The number of ether oxygens (including phenoxy) is 1. The van der Waals surface area contributed by atoms with Crippen LogP contribution in [-0.2, 0) is 11.3 Å². The molecule has 1 aromatic rings. The molecule has 5 nitrogen and oxygen atoms in total. The number of aromatic nitrogens is 3. The van der Waals surface area contributed by atoms with Crippen molar-refractivity contribution in [2.24, 2.45) is 5.41 Å². The molecule has 1 aromatic heterocycles. The summed E-state index contributed by atoms with van der Waals surface area (Å²) in [4.78, 5) is 4.01. The molecule has 0 bridgehead atoms. The highest BCUT2D eigenvalue weighted by atomic mass is 16.5. The fraction of sp³-hybridized carbons (Fsp3) is 0.875. The Morgan fingerprint density at radius 1 is 1.38 bits per heavy atom. The summed E-state index contributed by atoms with van der Waals surface area (Å²) in [5, 5.41) is 8.03. The SMILES string of the molecule is CCO[C@@H]1C[C@H](N[C@@H](C)Cn2cncn2)C12CCCCC2. The van der Waals surface area contributed by atoms with Gasteiger partial charge in [0.25, 0.3) is 0 Å². The number of nitrogens with one attached hydrogen (secondary N) is 1. The molecular formula is C16H28N4O. The Morgan fingerprint density at radius 3 is 2.86 bits per heavy atom. The van der Waals surface area contributed by atoms with E-state index in [1.54, 1.807) is 12.7 Å². The fourth-order valence-electron chi connectivity index (χ4n) is 4.30. The van der Waals surface area contributed by atoms with Crippen molar-refractivity contribution in [1.29, 1.82) is 0 Å². The third-order valence-corrected chi connectivity index (χ3v) is 5.35. The Morgan fingerprint density at radius 2 is 2.19 bits per heavy atom. The number of nitrogens with zero attached hydrogens (tertiary/aromatic N) is 3. The van der Waals surface area contributed by atoms with Crippen LogP contribution in [0, 0.1) is 5.41 Å². The van der Waals surface area contributed by atoms with Crippen LogP contribution in [0.5, 0.6) is 0 Å². The highest BCUT2D eigenvalue weighted by Crippen LogP contribution is 2.53. The van der Waals surface area contributed by atoms with Crippen molar-refractivity contribution in [3.8, 4) is 0 Å². The van der Waals surface area contributed by atoms with Gasteiger partial charge in [0, 0.05) is 24.1 Å². The molecule has 1 heterocycles. The Kier molecular flexibility index (Phi) is 4.60. The highest BCUT2D eigenvalue weighted by molar-refractivity contribution is 5.09. The van der Waals surface area contributed by atoms with Gasteiger partial charge in [-0.2, -0.15) is 5.10 Å². The van der Waals surface area contributed by atoms with Crippen LogP contribution in [0.4, 0.5) is 0 Å². The fourth-order valence-corrected chi connectivity index (χ4v) is 4.30. The minimum atomic E-state index is 0.394. The predicted molar refractivity (Wildman–Crippen MR) is 82.0 cm³/mol. The normalized spacial score (nSPS) is 29.2. The van der Waals surface area contributed by atoms with Crippen LogP contribution in [0.25, 0.3) is 0 Å². The minimum absolute atomic E-state index is 0.394. The van der Waals surface area contributed by atoms with Gasteiger partial charge in [-0.25, -0.2) is 4.98 Å². The summed E-state index contributed by atoms with van der Waals surface area (Å²) in [5.74, 6) is 0. The third-order valence-electron chi connectivity index (χ3n) is 5.35. The first-order valence-corrected chi connectivity index (χ1v) is 8.44. The van der Waals surface area contributed by atoms with Crippen molar-refractivity contribution >= 4 is 0 Å². The number of rotatable bonds is 6. The second-order valence-electron chi connectivity index (χ2n) is 6.71. The van der Waals surface area contributed by atoms with Gasteiger partial charge in [-0.3, -0.25) is 4.68 Å². The predicted octanol–water partition coefficient (Wildman–Crippen LogP) is 2.38. The zero-order valence-corrected chi connectivity index (χ0v) is 13.3. The molecule has 0 unspecified atom stereocenters. The molecule has 1 N–H and O–H groups in total. The van der Waals surface area contributed by atoms with E-state index in [4.69, 9.17) is 4.74 Å². The molecule has 0 radical (unpaired) electrons. The van der Waals surface area contributed by atoms with E-state index in [1.165, 1.54) is 32.1 Å². The van der Waals surface area contributed by atoms with E-state index in [1.807, 2.05) is 4.68 Å². The molecule has 2 aliphatic rings. The van der Waals surface area contributed by atoms with Crippen LogP contribution in [0.2, 0.25) is 0 Å². The smallest absolute Gasteiger partial charge is 0.137 e. The van der Waals surface area contributed by atoms with Gasteiger partial charge < -0.3 is 10.1 Å². The van der Waals surface area contributed by atoms with Gasteiger partial charge >= 0.3 is 0 Å². The third kappa shape index (κ3) is 2.99. The van der Waals surface area contributed by atoms with Crippen LogP contribution < -0.4 is 5.32 Å². The van der Waals surface area contributed by atoms with Crippen molar-refractivity contribution < 1.29 is 4.74 Å². The molecule has 2 saturated carbocycles. The summed E-state index contributed by atoms with van der Waals surface area (Å²) in [7, 11) is 0. The summed E-state index contributed by atoms with van der Waals surface area (Å²) in [6.07, 6.45) is 11.8. The lowest BCUT2D eigenvalue weighted by Crippen LogP contribution is -2.66. The monoisotopic (exact) mass is 292 g/mol. The summed E-state index contributed by atoms with van der Waals surface area (Å²) in [6, 6.07) is 1.02. The molecule has 2 aliphatic carbocycles. The maximum atomic E-state index is 6.02. The summed E-state index contributed by atoms with van der Waals surface area (Å²) >= 11 is 0. The molecule has 0 aliphatic heterocycles. The molecule has 1 spiro atoms. The maximum absolute atomic E-state index is 6.02. The van der Waals surface area contributed by atoms with Gasteiger partial charge in [-0.15, -0.1) is 0 Å². The average Bonchev–Trinajstić information content (AvgIpc) is 3.00. The summed E-state index contributed by atoms with van der Waals surface area (Å²) in [5.41, 5.74) is 0.394. The van der Waals surface area contributed by atoms with E-state index < -0.39 is 0 Å². The Bertz CT molecular complexity index is 427. The van der Waals surface area contributed by atoms with E-state index in [-0.39, 0.29) is 0 Å². The Labute approximate surface area is 127 Å². The van der Waals surface area contributed by atoms with Crippen molar-refractivity contribution in [1.82, 2.24) is 20.1 Å². The average molecular weight is 292 g/mol. The minimum Gasteiger partial charge on any atom is -0.378 e. The zero-order chi connectivity index (χ0) is 14.7. The zero-order valence-electron chi connectivity index (χ0n) is 13.3. The molecule has 118 valence electrons. The second kappa shape index (κ2) is 6.44. The van der Waals surface area contributed by atoms with Crippen LogP contribution in [-0.4, -0.2) is 39.6 Å². The lowest BCUT2D eigenvalue weighted by molar-refractivity contribution is -0.152. The van der Waals surface area contributed by atoms with Gasteiger partial charge in [-0.05, 0) is 33.1 Å². The van der Waals surface area contributed by atoms with Crippen LogP contribution >= 0.6 is 0 Å². The molecular weight excluding hydrogens is 264 g/mol. The standard InChI is InChI=1S/C16H28N4O/c1-3-21-15-9-14(16(15)7-5-4-6-8-16)19-13(2)10-20-12-17-11-18-20/h11-15,19H,3-10H2,1-2H3/t13-,14-,15+/m0/s1. The van der Waals surface area contributed by atoms with Crippen LogP contribution in [0.15, 0.2) is 12.7 Å². The van der Waals surface area contributed by atoms with Gasteiger partial charge in [0.15, 0.2) is 0 Å². The maximum Gasteiger partial charge on any atom is 0.137 e. The largest absolute Gasteiger partial charge is 0.378 e. The Balaban J connectivity index is 1.59. The first kappa shape index (κ1) is 15.0. The molecule has 2 fully saturated rings. The first-order chi connectivity index (χ1) is 10.2. The lowest BCUT2D eigenvalue weighted by atomic mass is 9.55. The first-order valence-electron chi connectivity index (χ1n) is 8.44. The topological polar surface area (TPSA) is 52.0 Å². The molecule has 0 aromatic carbocycles. The molecule has 21 heavy (non-hydrogen) atoms. The molecule has 3 atom stereocenters. The van der Waals surface area contributed by atoms with E-state index >= 15 is 0 Å². The van der Waals surface area contributed by atoms with E-state index in [2.05, 4.69) is 29.2 Å². The Hall–Kier alpha value is -0.940. The van der Waals surface area contributed by atoms with Gasteiger partial charge in [0.2, 0.25) is 0 Å². The number of hydrogen-bond donors (Lipinski definition) is 1. The van der Waals surface area contributed by atoms with Crippen LogP contribution in [0.3, 0.4) is 0 Å². The van der Waals surface area contributed by atoms with Crippen molar-refractivity contribution in [3.63, 3.8) is 0 Å². The molecule has 5 heteroatoms. The summed E-state index contributed by atoms with van der Waals surface area (Å²) < 4.78 is 7.93. The molecule has 0 saturated heterocycles. The second-order valence-corrected chi connectivity index (χ2v) is 6.71. The summed E-state index contributed by atoms with van der Waals surface area (Å²) in [6.45, 7) is 6.08. The lowest BCUT2D eigenvalue weighted by Gasteiger charge is -2.58. The van der Waals surface area contributed by atoms with Crippen molar-refractivity contribution in [2.75, 3.05) is 6.61 Å². The van der Waals surface area contributed by atoms with Crippen LogP contribution in [0.1, 0.15) is 52.4 Å². The van der Waals surface area contributed by atoms with E-state index in [0.29, 0.717) is 23.6 Å². The molecule has 3 rings (SSSR count). The number of hydrogen-bond acceptors (Lipinski definition) is 4. The quantitative estimate of drug-likeness (QED) is 0.874. The highest BCUT2D eigenvalue weighted by Gasteiger charge is 2.55. The van der Waals surface area contributed by atoms with Crippen molar-refractivity contribution in [3.05, 3.63) is 12.7 Å².